The maximum atomic E-state index is 12.0. The molecule has 0 saturated heterocycles. The molecule has 6 nitrogen and oxygen atoms in total. The highest BCUT2D eigenvalue weighted by atomic mass is 35.5. The number of hydrogen-bond acceptors (Lipinski definition) is 4. The zero-order chi connectivity index (χ0) is 17.8. The Balaban J connectivity index is 1.57. The van der Waals surface area contributed by atoms with Crippen LogP contribution in [0.15, 0.2) is 42.5 Å². The summed E-state index contributed by atoms with van der Waals surface area (Å²) in [6.45, 7) is 0.182. The van der Waals surface area contributed by atoms with Gasteiger partial charge in [0.25, 0.3) is 11.8 Å². The molecule has 0 unspecified atom stereocenters. The van der Waals surface area contributed by atoms with Crippen LogP contribution >= 0.6 is 23.2 Å². The Morgan fingerprint density at radius 2 is 1.80 bits per heavy atom. The smallest absolute Gasteiger partial charge is 0.271 e. The molecule has 8 heteroatoms. The average molecular weight is 379 g/mol. The van der Waals surface area contributed by atoms with Crippen molar-refractivity contribution in [2.24, 2.45) is 0 Å². The van der Waals surface area contributed by atoms with Gasteiger partial charge < -0.3 is 9.47 Å². The van der Waals surface area contributed by atoms with Crippen molar-refractivity contribution in [2.75, 3.05) is 6.79 Å². The fourth-order valence-corrected chi connectivity index (χ4v) is 2.46. The fourth-order valence-electron chi connectivity index (χ4n) is 2.09. The Morgan fingerprint density at radius 1 is 1.00 bits per heavy atom. The third-order valence-corrected chi connectivity index (χ3v) is 3.86. The minimum atomic E-state index is -0.572. The van der Waals surface area contributed by atoms with E-state index in [9.17, 15) is 9.59 Å². The molecule has 0 atom stereocenters. The molecule has 2 amide bonds. The van der Waals surface area contributed by atoms with Crippen molar-refractivity contribution in [3.05, 3.63) is 63.6 Å². The van der Waals surface area contributed by atoms with Gasteiger partial charge >= 0.3 is 0 Å². The molecule has 0 aromatic heterocycles. The number of hydrogen-bond donors (Lipinski definition) is 2. The average Bonchev–Trinajstić information content (AvgIpc) is 3.07. The van der Waals surface area contributed by atoms with E-state index in [1.807, 2.05) is 0 Å². The molecule has 2 aromatic rings. The number of halogens is 2. The standard InChI is InChI=1S/C17H12Cl2N2O4/c18-11-3-4-13(19)12(8-11)17(23)21-20-16(22)6-2-10-1-5-14-15(7-10)25-9-24-14/h1-8H,9H2,(H,20,22)(H,21,23)/b6-2+. The van der Waals surface area contributed by atoms with Gasteiger partial charge in [-0.1, -0.05) is 29.3 Å². The zero-order valence-corrected chi connectivity index (χ0v) is 14.2. The second kappa shape index (κ2) is 7.46. The van der Waals surface area contributed by atoms with E-state index < -0.39 is 11.8 Å². The van der Waals surface area contributed by atoms with Crippen LogP contribution in [0.4, 0.5) is 0 Å². The van der Waals surface area contributed by atoms with Gasteiger partial charge in [0.1, 0.15) is 0 Å². The number of amides is 2. The summed E-state index contributed by atoms with van der Waals surface area (Å²) in [6, 6.07) is 9.75. The van der Waals surface area contributed by atoms with Gasteiger partial charge in [0, 0.05) is 11.1 Å². The van der Waals surface area contributed by atoms with E-state index in [0.29, 0.717) is 16.5 Å². The van der Waals surface area contributed by atoms with E-state index in [4.69, 9.17) is 32.7 Å². The van der Waals surface area contributed by atoms with Gasteiger partial charge in [-0.05, 0) is 42.0 Å². The lowest BCUT2D eigenvalue weighted by atomic mass is 10.2. The second-order valence-electron chi connectivity index (χ2n) is 5.01. The van der Waals surface area contributed by atoms with Crippen LogP contribution in [-0.2, 0) is 4.79 Å². The first kappa shape index (κ1) is 17.1. The number of fused-ring (bicyclic) bond motifs is 1. The Bertz CT molecular complexity index is 868. The van der Waals surface area contributed by atoms with E-state index in [1.165, 1.54) is 18.2 Å². The van der Waals surface area contributed by atoms with Gasteiger partial charge in [-0.15, -0.1) is 0 Å². The van der Waals surface area contributed by atoms with Crippen LogP contribution in [0.25, 0.3) is 6.08 Å². The number of carbonyl (C=O) groups excluding carboxylic acids is 2. The number of rotatable bonds is 3. The fraction of sp³-hybridized carbons (Fsp3) is 0.0588. The molecule has 1 aliphatic rings. The number of hydrazine groups is 1. The summed E-state index contributed by atoms with van der Waals surface area (Å²) in [5.74, 6) is 0.195. The SMILES string of the molecule is O=C(/C=C/c1ccc2c(c1)OCO2)NNC(=O)c1cc(Cl)ccc1Cl. The number of carbonyl (C=O) groups is 2. The molecule has 1 aliphatic heterocycles. The first-order valence-corrected chi connectivity index (χ1v) is 7.91. The first-order valence-electron chi connectivity index (χ1n) is 7.16. The number of nitrogens with one attached hydrogen (secondary N) is 2. The molecule has 25 heavy (non-hydrogen) atoms. The van der Waals surface area contributed by atoms with E-state index in [-0.39, 0.29) is 17.4 Å². The van der Waals surface area contributed by atoms with Crippen LogP contribution in [0.2, 0.25) is 10.0 Å². The van der Waals surface area contributed by atoms with Crippen LogP contribution in [0.5, 0.6) is 11.5 Å². The van der Waals surface area contributed by atoms with Crippen LogP contribution in [0, 0.1) is 0 Å². The van der Waals surface area contributed by atoms with Gasteiger partial charge in [-0.2, -0.15) is 0 Å². The van der Waals surface area contributed by atoms with E-state index >= 15 is 0 Å². The van der Waals surface area contributed by atoms with Gasteiger partial charge in [0.15, 0.2) is 11.5 Å². The summed E-state index contributed by atoms with van der Waals surface area (Å²) in [5.41, 5.74) is 5.45. The van der Waals surface area contributed by atoms with Crippen molar-refractivity contribution >= 4 is 41.1 Å². The molecule has 2 aromatic carbocycles. The van der Waals surface area contributed by atoms with Crippen molar-refractivity contribution in [3.8, 4) is 11.5 Å². The van der Waals surface area contributed by atoms with E-state index in [1.54, 1.807) is 30.3 Å². The maximum absolute atomic E-state index is 12.0. The van der Waals surface area contributed by atoms with Crippen LogP contribution in [0.1, 0.15) is 15.9 Å². The summed E-state index contributed by atoms with van der Waals surface area (Å²) in [7, 11) is 0. The van der Waals surface area contributed by atoms with Crippen molar-refractivity contribution in [3.63, 3.8) is 0 Å². The molecule has 0 spiro atoms. The number of ether oxygens (including phenoxy) is 2. The molecule has 0 aliphatic carbocycles. The predicted molar refractivity (Wildman–Crippen MR) is 93.7 cm³/mol. The normalized spacial score (nSPS) is 12.2. The number of benzene rings is 2. The summed E-state index contributed by atoms with van der Waals surface area (Å²) in [5, 5.41) is 0.593. The predicted octanol–water partition coefficient (Wildman–Crippen LogP) is 3.20. The lowest BCUT2D eigenvalue weighted by Gasteiger charge is -2.07. The molecule has 0 saturated carbocycles. The Kier molecular flexibility index (Phi) is 5.11. The minimum Gasteiger partial charge on any atom is -0.454 e. The Hall–Kier alpha value is -2.70. The van der Waals surface area contributed by atoms with Gasteiger partial charge in [-0.3, -0.25) is 20.4 Å². The monoisotopic (exact) mass is 378 g/mol. The quantitative estimate of drug-likeness (QED) is 0.635. The summed E-state index contributed by atoms with van der Waals surface area (Å²) in [6.07, 6.45) is 2.85. The second-order valence-corrected chi connectivity index (χ2v) is 5.86. The third kappa shape index (κ3) is 4.23. The highest BCUT2D eigenvalue weighted by molar-refractivity contribution is 6.35. The molecule has 3 rings (SSSR count). The largest absolute Gasteiger partial charge is 0.454 e. The molecule has 0 fully saturated rings. The Morgan fingerprint density at radius 3 is 2.64 bits per heavy atom. The molecule has 2 N–H and O–H groups in total. The molecule has 0 bridgehead atoms. The van der Waals surface area contributed by atoms with Gasteiger partial charge in [0.05, 0.1) is 10.6 Å². The lowest BCUT2D eigenvalue weighted by Crippen LogP contribution is -2.40. The van der Waals surface area contributed by atoms with Gasteiger partial charge in [-0.25, -0.2) is 0 Å². The van der Waals surface area contributed by atoms with E-state index in [0.717, 1.165) is 5.56 Å². The van der Waals surface area contributed by atoms with Crippen molar-refractivity contribution < 1.29 is 19.1 Å². The summed E-state index contributed by atoms with van der Waals surface area (Å²) < 4.78 is 10.5. The minimum absolute atomic E-state index is 0.161. The van der Waals surface area contributed by atoms with Crippen LogP contribution in [0.3, 0.4) is 0 Å². The molecular formula is C17H12Cl2N2O4. The first-order chi connectivity index (χ1) is 12.0. The molecular weight excluding hydrogens is 367 g/mol. The van der Waals surface area contributed by atoms with E-state index in [2.05, 4.69) is 10.9 Å². The van der Waals surface area contributed by atoms with Crippen LogP contribution in [-0.4, -0.2) is 18.6 Å². The topological polar surface area (TPSA) is 76.7 Å². The lowest BCUT2D eigenvalue weighted by molar-refractivity contribution is -0.117. The third-order valence-electron chi connectivity index (χ3n) is 3.30. The molecule has 0 radical (unpaired) electrons. The molecule has 1 heterocycles. The van der Waals surface area contributed by atoms with Gasteiger partial charge in [0.2, 0.25) is 6.79 Å². The zero-order valence-electron chi connectivity index (χ0n) is 12.7. The highest BCUT2D eigenvalue weighted by Gasteiger charge is 2.13. The Labute approximate surface area is 153 Å². The highest BCUT2D eigenvalue weighted by Crippen LogP contribution is 2.32. The summed E-state index contributed by atoms with van der Waals surface area (Å²) in [4.78, 5) is 23.8. The van der Waals surface area contributed by atoms with Crippen molar-refractivity contribution in [2.45, 2.75) is 0 Å². The van der Waals surface area contributed by atoms with Crippen molar-refractivity contribution in [1.29, 1.82) is 0 Å². The maximum Gasteiger partial charge on any atom is 0.271 e. The van der Waals surface area contributed by atoms with Crippen molar-refractivity contribution in [1.82, 2.24) is 10.9 Å². The molecule has 128 valence electrons. The van der Waals surface area contributed by atoms with Crippen LogP contribution < -0.4 is 20.3 Å². The summed E-state index contributed by atoms with van der Waals surface area (Å²) >= 11 is 11.8.